The van der Waals surface area contributed by atoms with Crippen LogP contribution in [0.5, 0.6) is 0 Å². The second-order valence-corrected chi connectivity index (χ2v) is 7.08. The zero-order chi connectivity index (χ0) is 18.3. The topological polar surface area (TPSA) is 80.2 Å². The molecule has 3 heterocycles. The fraction of sp³-hybridized carbons (Fsp3) is 0.526. The molecule has 2 aromatic rings. The number of rotatable bonds is 3. The lowest BCUT2D eigenvalue weighted by atomic mass is 9.93. The van der Waals surface area contributed by atoms with Crippen molar-refractivity contribution in [1.82, 2.24) is 19.7 Å². The van der Waals surface area contributed by atoms with Gasteiger partial charge in [-0.05, 0) is 56.7 Å². The van der Waals surface area contributed by atoms with Gasteiger partial charge in [-0.25, -0.2) is 4.79 Å². The quantitative estimate of drug-likeness (QED) is 0.856. The van der Waals surface area contributed by atoms with E-state index in [2.05, 4.69) is 10.1 Å². The van der Waals surface area contributed by atoms with Gasteiger partial charge in [-0.2, -0.15) is 5.10 Å². The predicted octanol–water partition coefficient (Wildman–Crippen LogP) is 2.31. The van der Waals surface area contributed by atoms with Crippen molar-refractivity contribution in [2.45, 2.75) is 58.7 Å². The lowest BCUT2D eigenvalue weighted by Crippen LogP contribution is -2.45. The molecule has 26 heavy (non-hydrogen) atoms. The molecule has 0 fully saturated rings. The molecule has 2 aliphatic rings. The van der Waals surface area contributed by atoms with Gasteiger partial charge in [0, 0.05) is 12.2 Å². The Morgan fingerprint density at radius 3 is 2.96 bits per heavy atom. The van der Waals surface area contributed by atoms with E-state index in [0.29, 0.717) is 25.4 Å². The van der Waals surface area contributed by atoms with Crippen LogP contribution in [0, 0.1) is 0 Å². The van der Waals surface area contributed by atoms with Crippen LogP contribution in [0.2, 0.25) is 0 Å². The Balaban J connectivity index is 1.58. The summed E-state index contributed by atoms with van der Waals surface area (Å²) in [7, 11) is 0. The summed E-state index contributed by atoms with van der Waals surface area (Å²) < 4.78 is 6.84. The second-order valence-electron chi connectivity index (χ2n) is 7.08. The molecule has 7 heteroatoms. The molecule has 7 nitrogen and oxygen atoms in total. The normalized spacial score (nSPS) is 19.0. The Labute approximate surface area is 152 Å². The first-order valence-corrected chi connectivity index (χ1v) is 9.32. The first-order valence-electron chi connectivity index (χ1n) is 9.32. The van der Waals surface area contributed by atoms with Gasteiger partial charge in [-0.1, -0.05) is 0 Å². The molecule has 0 saturated carbocycles. The van der Waals surface area contributed by atoms with E-state index in [1.807, 2.05) is 22.7 Å². The van der Waals surface area contributed by atoms with Crippen molar-refractivity contribution in [1.29, 1.82) is 0 Å². The van der Waals surface area contributed by atoms with Crippen LogP contribution in [0.3, 0.4) is 0 Å². The van der Waals surface area contributed by atoms with Crippen molar-refractivity contribution in [2.24, 2.45) is 0 Å². The fourth-order valence-corrected chi connectivity index (χ4v) is 3.95. The number of carbonyl (C=O) groups is 2. The number of H-pyrrole nitrogens is 1. The molecule has 0 spiro atoms. The molecule has 1 amide bonds. The summed E-state index contributed by atoms with van der Waals surface area (Å²) in [5.74, 6) is -0.385. The number of aromatic amines is 1. The third-order valence-electron chi connectivity index (χ3n) is 5.33. The molecule has 1 aliphatic heterocycles. The Morgan fingerprint density at radius 2 is 2.15 bits per heavy atom. The van der Waals surface area contributed by atoms with Crippen molar-refractivity contribution in [3.05, 3.63) is 40.5 Å². The lowest BCUT2D eigenvalue weighted by molar-refractivity contribution is 0.0514. The Kier molecular flexibility index (Phi) is 4.30. The number of aryl methyl sites for hydroxylation is 1. The first-order chi connectivity index (χ1) is 12.6. The SMILES string of the molecule is CCOC(=O)c1cc2n(n1)CC(C)N(C(=O)c1[nH]cc3c1CCCC3)C2. The molecule has 1 atom stereocenters. The van der Waals surface area contributed by atoms with Crippen LogP contribution in [-0.2, 0) is 30.7 Å². The number of hydrogen-bond donors (Lipinski definition) is 1. The minimum Gasteiger partial charge on any atom is -0.461 e. The van der Waals surface area contributed by atoms with E-state index in [0.717, 1.165) is 30.7 Å². The van der Waals surface area contributed by atoms with Crippen molar-refractivity contribution in [2.75, 3.05) is 6.61 Å². The van der Waals surface area contributed by atoms with E-state index < -0.39 is 5.97 Å². The summed E-state index contributed by atoms with van der Waals surface area (Å²) in [6.07, 6.45) is 6.32. The molecule has 0 radical (unpaired) electrons. The van der Waals surface area contributed by atoms with Gasteiger partial charge < -0.3 is 14.6 Å². The van der Waals surface area contributed by atoms with Gasteiger partial charge in [-0.15, -0.1) is 0 Å². The van der Waals surface area contributed by atoms with Crippen LogP contribution < -0.4 is 0 Å². The third kappa shape index (κ3) is 2.81. The van der Waals surface area contributed by atoms with E-state index in [-0.39, 0.29) is 11.9 Å². The predicted molar refractivity (Wildman–Crippen MR) is 95.0 cm³/mol. The summed E-state index contributed by atoms with van der Waals surface area (Å²) in [6, 6.07) is 1.74. The van der Waals surface area contributed by atoms with Crippen molar-refractivity contribution in [3.63, 3.8) is 0 Å². The molecule has 4 rings (SSSR count). The molecule has 0 aromatic carbocycles. The van der Waals surface area contributed by atoms with Gasteiger partial charge in [0.05, 0.1) is 25.4 Å². The average molecular weight is 356 g/mol. The van der Waals surface area contributed by atoms with Gasteiger partial charge in [-0.3, -0.25) is 9.48 Å². The minimum atomic E-state index is -0.418. The standard InChI is InChI=1S/C19H24N4O3/c1-3-26-19(25)16-8-14-11-22(12(2)10-23(14)21-16)18(24)17-15-7-5-4-6-13(15)9-20-17/h8-9,12,20H,3-7,10-11H2,1-2H3. The number of fused-ring (bicyclic) bond motifs is 2. The molecule has 1 N–H and O–H groups in total. The number of ether oxygens (including phenoxy) is 1. The Bertz CT molecular complexity index is 851. The number of nitrogens with zero attached hydrogens (tertiary/aromatic N) is 3. The summed E-state index contributed by atoms with van der Waals surface area (Å²) >= 11 is 0. The maximum atomic E-state index is 13.2. The highest BCUT2D eigenvalue weighted by Gasteiger charge is 2.32. The van der Waals surface area contributed by atoms with Gasteiger partial charge in [0.25, 0.3) is 5.91 Å². The molecule has 138 valence electrons. The smallest absolute Gasteiger partial charge is 0.358 e. The highest BCUT2D eigenvalue weighted by atomic mass is 16.5. The summed E-state index contributed by atoms with van der Waals surface area (Å²) in [4.78, 5) is 30.2. The van der Waals surface area contributed by atoms with Crippen LogP contribution in [0.15, 0.2) is 12.3 Å². The highest BCUT2D eigenvalue weighted by Crippen LogP contribution is 2.27. The molecule has 0 saturated heterocycles. The maximum absolute atomic E-state index is 13.2. The molecular weight excluding hydrogens is 332 g/mol. The largest absolute Gasteiger partial charge is 0.461 e. The number of esters is 1. The van der Waals surface area contributed by atoms with Gasteiger partial charge in [0.1, 0.15) is 5.69 Å². The molecule has 0 bridgehead atoms. The fourth-order valence-electron chi connectivity index (χ4n) is 3.95. The average Bonchev–Trinajstić information content (AvgIpc) is 3.24. The Morgan fingerprint density at radius 1 is 1.35 bits per heavy atom. The van der Waals surface area contributed by atoms with E-state index in [4.69, 9.17) is 4.74 Å². The highest BCUT2D eigenvalue weighted by molar-refractivity contribution is 5.94. The third-order valence-corrected chi connectivity index (χ3v) is 5.33. The maximum Gasteiger partial charge on any atom is 0.358 e. The number of hydrogen-bond acceptors (Lipinski definition) is 4. The van der Waals surface area contributed by atoms with Crippen LogP contribution in [-0.4, -0.2) is 44.2 Å². The van der Waals surface area contributed by atoms with Gasteiger partial charge in [0.2, 0.25) is 0 Å². The van der Waals surface area contributed by atoms with E-state index in [9.17, 15) is 9.59 Å². The summed E-state index contributed by atoms with van der Waals surface area (Å²) in [5.41, 5.74) is 4.35. The molecular formula is C19H24N4O3. The van der Waals surface area contributed by atoms with Crippen molar-refractivity contribution in [3.8, 4) is 0 Å². The minimum absolute atomic E-state index is 0.00693. The van der Waals surface area contributed by atoms with Crippen LogP contribution >= 0.6 is 0 Å². The number of carbonyl (C=O) groups excluding carboxylic acids is 2. The second kappa shape index (κ2) is 6.63. The molecule has 1 unspecified atom stereocenters. The van der Waals surface area contributed by atoms with Crippen LogP contribution in [0.4, 0.5) is 0 Å². The lowest BCUT2D eigenvalue weighted by Gasteiger charge is -2.34. The Hall–Kier alpha value is -2.57. The molecule has 1 aliphatic carbocycles. The zero-order valence-electron chi connectivity index (χ0n) is 15.2. The van der Waals surface area contributed by atoms with Crippen molar-refractivity contribution < 1.29 is 14.3 Å². The summed E-state index contributed by atoms with van der Waals surface area (Å²) in [6.45, 7) is 5.12. The monoisotopic (exact) mass is 356 g/mol. The van der Waals surface area contributed by atoms with Gasteiger partial charge in [0.15, 0.2) is 5.69 Å². The van der Waals surface area contributed by atoms with E-state index in [1.165, 1.54) is 17.5 Å². The van der Waals surface area contributed by atoms with E-state index >= 15 is 0 Å². The number of amides is 1. The number of aromatic nitrogens is 3. The summed E-state index contributed by atoms with van der Waals surface area (Å²) in [5, 5.41) is 4.34. The number of nitrogens with one attached hydrogen (secondary N) is 1. The van der Waals surface area contributed by atoms with Crippen LogP contribution in [0.1, 0.15) is 64.5 Å². The van der Waals surface area contributed by atoms with Crippen LogP contribution in [0.25, 0.3) is 0 Å². The zero-order valence-corrected chi connectivity index (χ0v) is 15.2. The first kappa shape index (κ1) is 16.9. The molecule has 2 aromatic heterocycles. The van der Waals surface area contributed by atoms with Gasteiger partial charge >= 0.3 is 5.97 Å². The van der Waals surface area contributed by atoms with Crippen molar-refractivity contribution >= 4 is 11.9 Å². The van der Waals surface area contributed by atoms with E-state index in [1.54, 1.807) is 13.0 Å².